The molecule has 7 heteroatoms. The van der Waals surface area contributed by atoms with Crippen molar-refractivity contribution in [3.63, 3.8) is 0 Å². The van der Waals surface area contributed by atoms with E-state index in [2.05, 4.69) is 15.2 Å². The Morgan fingerprint density at radius 2 is 1.92 bits per heavy atom. The van der Waals surface area contributed by atoms with Gasteiger partial charge in [-0.2, -0.15) is 0 Å². The molecule has 3 rings (SSSR count). The number of halogens is 2. The normalized spacial score (nSPS) is 12.3. The largest absolute Gasteiger partial charge is 0.387 e. The van der Waals surface area contributed by atoms with Crippen LogP contribution in [0, 0.1) is 18.6 Å². The number of rotatable bonds is 5. The van der Waals surface area contributed by atoms with Gasteiger partial charge in [0.15, 0.2) is 5.82 Å². The van der Waals surface area contributed by atoms with Crippen molar-refractivity contribution in [2.75, 3.05) is 5.75 Å². The minimum Gasteiger partial charge on any atom is -0.387 e. The van der Waals surface area contributed by atoms with Crippen LogP contribution in [0.25, 0.3) is 11.4 Å². The van der Waals surface area contributed by atoms with Crippen LogP contribution in [0.1, 0.15) is 17.2 Å². The molecule has 124 valence electrons. The Labute approximate surface area is 142 Å². The number of aromatic amines is 1. The molecule has 0 bridgehead atoms. The lowest BCUT2D eigenvalue weighted by atomic mass is 10.1. The fourth-order valence-electron chi connectivity index (χ4n) is 2.17. The lowest BCUT2D eigenvalue weighted by Crippen LogP contribution is -2.04. The molecule has 24 heavy (non-hydrogen) atoms. The predicted molar refractivity (Wildman–Crippen MR) is 88.6 cm³/mol. The molecule has 0 saturated heterocycles. The van der Waals surface area contributed by atoms with Crippen molar-refractivity contribution in [1.29, 1.82) is 0 Å². The quantitative estimate of drug-likeness (QED) is 0.688. The van der Waals surface area contributed by atoms with Gasteiger partial charge in [-0.3, -0.25) is 5.10 Å². The molecule has 2 aromatic carbocycles. The predicted octanol–water partition coefficient (Wildman–Crippen LogP) is 3.88. The molecule has 0 amide bonds. The highest BCUT2D eigenvalue weighted by atomic mass is 32.2. The summed E-state index contributed by atoms with van der Waals surface area (Å²) in [4.78, 5) is 4.34. The van der Waals surface area contributed by atoms with E-state index in [4.69, 9.17) is 0 Å². The lowest BCUT2D eigenvalue weighted by Gasteiger charge is -2.10. The second kappa shape index (κ2) is 7.11. The van der Waals surface area contributed by atoms with Crippen molar-refractivity contribution in [3.8, 4) is 11.4 Å². The molecule has 1 aromatic heterocycles. The third-order valence-electron chi connectivity index (χ3n) is 3.48. The molecule has 0 spiro atoms. The van der Waals surface area contributed by atoms with Gasteiger partial charge >= 0.3 is 0 Å². The standard InChI is InChI=1S/C17H15F2N3OS/c1-10-2-4-11(5-3-10)16-20-17(22-21-16)24-9-15(23)13-7-6-12(18)8-14(13)19/h2-8,15,23H,9H2,1H3,(H,20,21,22). The average molecular weight is 347 g/mol. The topological polar surface area (TPSA) is 61.8 Å². The maximum atomic E-state index is 13.6. The highest BCUT2D eigenvalue weighted by Gasteiger charge is 2.15. The maximum absolute atomic E-state index is 13.6. The van der Waals surface area contributed by atoms with Crippen LogP contribution in [0.3, 0.4) is 0 Å². The van der Waals surface area contributed by atoms with Crippen LogP contribution in [-0.4, -0.2) is 26.0 Å². The fourth-order valence-corrected chi connectivity index (χ4v) is 2.92. The third kappa shape index (κ3) is 3.80. The van der Waals surface area contributed by atoms with Gasteiger partial charge in [0.25, 0.3) is 0 Å². The third-order valence-corrected chi connectivity index (χ3v) is 4.40. The van der Waals surface area contributed by atoms with Crippen molar-refractivity contribution in [3.05, 3.63) is 65.2 Å². The summed E-state index contributed by atoms with van der Waals surface area (Å²) < 4.78 is 26.5. The van der Waals surface area contributed by atoms with Gasteiger partial charge in [0.1, 0.15) is 11.6 Å². The number of benzene rings is 2. The van der Waals surface area contributed by atoms with Crippen LogP contribution in [0.2, 0.25) is 0 Å². The van der Waals surface area contributed by atoms with Crippen molar-refractivity contribution < 1.29 is 13.9 Å². The summed E-state index contributed by atoms with van der Waals surface area (Å²) in [5.74, 6) is -0.653. The molecule has 1 unspecified atom stereocenters. The molecular formula is C17H15F2N3OS. The molecule has 0 radical (unpaired) electrons. The van der Waals surface area contributed by atoms with E-state index >= 15 is 0 Å². The first-order valence-corrected chi connectivity index (χ1v) is 8.27. The molecule has 2 N–H and O–H groups in total. The summed E-state index contributed by atoms with van der Waals surface area (Å²) in [6, 6.07) is 10.9. The Morgan fingerprint density at radius 1 is 1.17 bits per heavy atom. The molecular weight excluding hydrogens is 332 g/mol. The summed E-state index contributed by atoms with van der Waals surface area (Å²) in [5.41, 5.74) is 2.11. The molecule has 0 aliphatic heterocycles. The molecule has 1 heterocycles. The minimum atomic E-state index is -1.07. The number of aromatic nitrogens is 3. The number of nitrogens with one attached hydrogen (secondary N) is 1. The smallest absolute Gasteiger partial charge is 0.208 e. The van der Waals surface area contributed by atoms with Gasteiger partial charge < -0.3 is 5.11 Å². The zero-order valence-corrected chi connectivity index (χ0v) is 13.6. The van der Waals surface area contributed by atoms with E-state index in [0.717, 1.165) is 23.3 Å². The van der Waals surface area contributed by atoms with Crippen molar-refractivity contribution >= 4 is 11.8 Å². The van der Waals surface area contributed by atoms with Gasteiger partial charge in [0.2, 0.25) is 5.16 Å². The Bertz CT molecular complexity index is 836. The van der Waals surface area contributed by atoms with E-state index in [-0.39, 0.29) is 11.3 Å². The number of aliphatic hydroxyl groups is 1. The van der Waals surface area contributed by atoms with Crippen LogP contribution in [-0.2, 0) is 0 Å². The zero-order valence-electron chi connectivity index (χ0n) is 12.8. The second-order valence-corrected chi connectivity index (χ2v) is 6.31. The molecule has 1 atom stereocenters. The van der Waals surface area contributed by atoms with E-state index in [0.29, 0.717) is 11.0 Å². The van der Waals surface area contributed by atoms with Crippen LogP contribution in [0.4, 0.5) is 8.78 Å². The van der Waals surface area contributed by atoms with E-state index < -0.39 is 17.7 Å². The van der Waals surface area contributed by atoms with Gasteiger partial charge in [-0.15, -0.1) is 5.10 Å². The average Bonchev–Trinajstić information content (AvgIpc) is 3.02. The van der Waals surface area contributed by atoms with E-state index in [1.807, 2.05) is 31.2 Å². The molecule has 3 aromatic rings. The van der Waals surface area contributed by atoms with Gasteiger partial charge in [-0.05, 0) is 13.0 Å². The molecule has 0 aliphatic carbocycles. The highest BCUT2D eigenvalue weighted by Crippen LogP contribution is 2.26. The van der Waals surface area contributed by atoms with Crippen LogP contribution >= 0.6 is 11.8 Å². The molecule has 4 nitrogen and oxygen atoms in total. The second-order valence-electron chi connectivity index (χ2n) is 5.33. The van der Waals surface area contributed by atoms with Crippen LogP contribution < -0.4 is 0 Å². The number of hydrogen-bond donors (Lipinski definition) is 2. The Kier molecular flexibility index (Phi) is 4.92. The number of aryl methyl sites for hydroxylation is 1. The van der Waals surface area contributed by atoms with Gasteiger partial charge in [-0.1, -0.05) is 47.7 Å². The number of nitrogens with zero attached hydrogens (tertiary/aromatic N) is 2. The lowest BCUT2D eigenvalue weighted by molar-refractivity contribution is 0.198. The van der Waals surface area contributed by atoms with E-state index in [1.54, 1.807) is 0 Å². The first-order chi connectivity index (χ1) is 11.5. The number of thioether (sulfide) groups is 1. The van der Waals surface area contributed by atoms with E-state index in [1.165, 1.54) is 17.8 Å². The maximum Gasteiger partial charge on any atom is 0.208 e. The van der Waals surface area contributed by atoms with Crippen LogP contribution in [0.15, 0.2) is 47.6 Å². The minimum absolute atomic E-state index is 0.0539. The first-order valence-electron chi connectivity index (χ1n) is 7.28. The summed E-state index contributed by atoms with van der Waals surface area (Å²) in [6.45, 7) is 2.00. The van der Waals surface area contributed by atoms with E-state index in [9.17, 15) is 13.9 Å². The molecule has 0 saturated carbocycles. The Balaban J connectivity index is 1.65. The first kappa shape index (κ1) is 16.6. The SMILES string of the molecule is Cc1ccc(-c2nc(SCC(O)c3ccc(F)cc3F)n[nH]2)cc1. The molecule has 0 aliphatic rings. The fraction of sp³-hybridized carbons (Fsp3) is 0.176. The molecule has 0 fully saturated rings. The Morgan fingerprint density at radius 3 is 2.62 bits per heavy atom. The number of aliphatic hydroxyl groups excluding tert-OH is 1. The summed E-state index contributed by atoms with van der Waals surface area (Å²) in [7, 11) is 0. The van der Waals surface area contributed by atoms with Gasteiger partial charge in [0.05, 0.1) is 6.10 Å². The van der Waals surface area contributed by atoms with Gasteiger partial charge in [0, 0.05) is 22.9 Å². The number of hydrogen-bond acceptors (Lipinski definition) is 4. The van der Waals surface area contributed by atoms with Crippen molar-refractivity contribution in [1.82, 2.24) is 15.2 Å². The number of H-pyrrole nitrogens is 1. The zero-order chi connectivity index (χ0) is 17.1. The van der Waals surface area contributed by atoms with Gasteiger partial charge in [-0.25, -0.2) is 13.8 Å². The summed E-state index contributed by atoms with van der Waals surface area (Å²) in [6.07, 6.45) is -1.07. The van der Waals surface area contributed by atoms with Crippen molar-refractivity contribution in [2.45, 2.75) is 18.2 Å². The monoisotopic (exact) mass is 347 g/mol. The Hall–Kier alpha value is -2.25. The van der Waals surface area contributed by atoms with Crippen LogP contribution in [0.5, 0.6) is 0 Å². The highest BCUT2D eigenvalue weighted by molar-refractivity contribution is 7.99. The summed E-state index contributed by atoms with van der Waals surface area (Å²) >= 11 is 1.19. The van der Waals surface area contributed by atoms with Crippen molar-refractivity contribution in [2.24, 2.45) is 0 Å². The summed E-state index contributed by atoms with van der Waals surface area (Å²) in [5, 5.41) is 17.4.